The zero-order valence-electron chi connectivity index (χ0n) is 33.0. The number of carbonyl (C=O) groups is 1. The van der Waals surface area contributed by atoms with Crippen molar-refractivity contribution in [2.45, 2.75) is 24.3 Å². The summed E-state index contributed by atoms with van der Waals surface area (Å²) >= 11 is 0. The molecule has 0 unspecified atom stereocenters. The van der Waals surface area contributed by atoms with Crippen molar-refractivity contribution < 1.29 is 27.6 Å². The van der Waals surface area contributed by atoms with Crippen molar-refractivity contribution in [3.63, 3.8) is 0 Å². The van der Waals surface area contributed by atoms with Crippen molar-refractivity contribution in [1.29, 1.82) is 0 Å². The quantitative estimate of drug-likeness (QED) is 0.0606. The van der Waals surface area contributed by atoms with Crippen molar-refractivity contribution in [1.82, 2.24) is 14.5 Å². The highest BCUT2D eigenvalue weighted by atomic mass is 32.2. The number of rotatable bonds is 17. The van der Waals surface area contributed by atoms with Crippen LogP contribution in [0.1, 0.15) is 27.9 Å². The minimum Gasteiger partial charge on any atom is -0.492 e. The molecule has 5 aromatic carbocycles. The van der Waals surface area contributed by atoms with E-state index in [-0.39, 0.29) is 21.8 Å². The van der Waals surface area contributed by atoms with Gasteiger partial charge in [-0.3, -0.25) is 24.7 Å². The van der Waals surface area contributed by atoms with Crippen LogP contribution in [0.15, 0.2) is 126 Å². The lowest BCUT2D eigenvalue weighted by Gasteiger charge is -2.36. The van der Waals surface area contributed by atoms with E-state index >= 15 is 0 Å². The second kappa shape index (κ2) is 19.8. The summed E-state index contributed by atoms with van der Waals surface area (Å²) in [6.07, 6.45) is 1.52. The highest BCUT2D eigenvalue weighted by Crippen LogP contribution is 2.29. The van der Waals surface area contributed by atoms with E-state index in [1.807, 2.05) is 54.6 Å². The summed E-state index contributed by atoms with van der Waals surface area (Å²) in [6, 6.07) is 37.1. The summed E-state index contributed by atoms with van der Waals surface area (Å²) in [6.45, 7) is 9.53. The van der Waals surface area contributed by atoms with Gasteiger partial charge >= 0.3 is 0 Å². The van der Waals surface area contributed by atoms with E-state index in [4.69, 9.17) is 9.47 Å². The lowest BCUT2D eigenvalue weighted by atomic mass is 9.99. The maximum absolute atomic E-state index is 13.2. The van der Waals surface area contributed by atoms with E-state index < -0.39 is 20.9 Å². The summed E-state index contributed by atoms with van der Waals surface area (Å²) in [5.74, 6) is 0.0410. The van der Waals surface area contributed by atoms with Gasteiger partial charge < -0.3 is 19.7 Å². The Labute approximate surface area is 345 Å². The molecule has 0 bridgehead atoms. The molecule has 2 aliphatic heterocycles. The Hall–Kier alpha value is -5.80. The number of amides is 1. The Kier molecular flexibility index (Phi) is 13.9. The largest absolute Gasteiger partial charge is 0.492 e. The molecule has 2 fully saturated rings. The molecule has 1 amide bonds. The van der Waals surface area contributed by atoms with Crippen LogP contribution in [0.25, 0.3) is 11.1 Å². The summed E-state index contributed by atoms with van der Waals surface area (Å²) < 4.78 is 39.9. The van der Waals surface area contributed by atoms with Gasteiger partial charge in [0.1, 0.15) is 18.0 Å². The number of benzene rings is 5. The summed E-state index contributed by atoms with van der Waals surface area (Å²) in [5, 5.41) is 14.9. The van der Waals surface area contributed by atoms with E-state index in [0.717, 1.165) is 107 Å². The van der Waals surface area contributed by atoms with Gasteiger partial charge in [0.05, 0.1) is 23.0 Å². The van der Waals surface area contributed by atoms with Crippen molar-refractivity contribution in [2.75, 3.05) is 82.4 Å². The SMILES string of the molecule is O=C(NS(=O)(=O)c1ccc(NCCCc2ccccc2)c([N+](=O)[O-])c1)c1ccc(N2CCN(Cc3ccccc3-c3ccc(OCCN4CCOCC4)cc3)CC2)cc1. The number of nitrogens with zero attached hydrogens (tertiary/aromatic N) is 4. The van der Waals surface area contributed by atoms with Gasteiger partial charge in [-0.05, 0) is 83.6 Å². The molecule has 0 radical (unpaired) electrons. The molecular formula is C45H50N6O7S. The van der Waals surface area contributed by atoms with Crippen LogP contribution >= 0.6 is 0 Å². The molecule has 14 heteroatoms. The highest BCUT2D eigenvalue weighted by Gasteiger charge is 2.25. The van der Waals surface area contributed by atoms with Crippen molar-refractivity contribution >= 4 is 33.0 Å². The molecule has 2 aliphatic rings. The second-order valence-corrected chi connectivity index (χ2v) is 16.4. The third-order valence-corrected chi connectivity index (χ3v) is 12.1. The third-order valence-electron chi connectivity index (χ3n) is 10.7. The highest BCUT2D eigenvalue weighted by molar-refractivity contribution is 7.90. The fourth-order valence-electron chi connectivity index (χ4n) is 7.40. The monoisotopic (exact) mass is 818 g/mol. The van der Waals surface area contributed by atoms with Crippen LogP contribution < -0.4 is 19.7 Å². The zero-order valence-corrected chi connectivity index (χ0v) is 33.8. The normalized spacial score (nSPS) is 15.1. The van der Waals surface area contributed by atoms with Crippen LogP contribution in [0.3, 0.4) is 0 Å². The van der Waals surface area contributed by atoms with Gasteiger partial charge in [0.25, 0.3) is 21.6 Å². The molecule has 59 heavy (non-hydrogen) atoms. The van der Waals surface area contributed by atoms with Gasteiger partial charge in [0, 0.05) is 76.2 Å². The number of nitrogens with one attached hydrogen (secondary N) is 2. The Morgan fingerprint density at radius 2 is 1.51 bits per heavy atom. The molecular weight excluding hydrogens is 769 g/mol. The van der Waals surface area contributed by atoms with Gasteiger partial charge in [-0.2, -0.15) is 0 Å². The number of ether oxygens (including phenoxy) is 2. The third kappa shape index (κ3) is 11.2. The zero-order chi connectivity index (χ0) is 41.0. The Balaban J connectivity index is 0.888. The predicted molar refractivity (Wildman–Crippen MR) is 230 cm³/mol. The number of hydrogen-bond acceptors (Lipinski definition) is 11. The fourth-order valence-corrected chi connectivity index (χ4v) is 8.39. The van der Waals surface area contributed by atoms with E-state index in [9.17, 15) is 23.3 Å². The molecule has 0 atom stereocenters. The Bertz CT molecular complexity index is 2280. The van der Waals surface area contributed by atoms with Crippen LogP contribution in [-0.2, 0) is 27.7 Å². The number of anilines is 2. The van der Waals surface area contributed by atoms with E-state index in [2.05, 4.69) is 61.1 Å². The predicted octanol–water partition coefficient (Wildman–Crippen LogP) is 6.46. The lowest BCUT2D eigenvalue weighted by Crippen LogP contribution is -2.46. The number of nitro benzene ring substituents is 1. The number of piperazine rings is 1. The summed E-state index contributed by atoms with van der Waals surface area (Å²) in [4.78, 5) is 31.0. The van der Waals surface area contributed by atoms with Crippen LogP contribution in [-0.4, -0.2) is 101 Å². The van der Waals surface area contributed by atoms with Gasteiger partial charge in [0.15, 0.2) is 0 Å². The van der Waals surface area contributed by atoms with Gasteiger partial charge in [-0.25, -0.2) is 13.1 Å². The molecule has 0 aliphatic carbocycles. The Morgan fingerprint density at radius 3 is 2.24 bits per heavy atom. The number of sulfonamides is 1. The first-order valence-corrected chi connectivity index (χ1v) is 21.5. The number of aryl methyl sites for hydroxylation is 1. The first-order chi connectivity index (χ1) is 28.7. The van der Waals surface area contributed by atoms with E-state index in [1.165, 1.54) is 23.3 Å². The van der Waals surface area contributed by atoms with Crippen LogP contribution in [0.2, 0.25) is 0 Å². The molecule has 0 saturated carbocycles. The van der Waals surface area contributed by atoms with Crippen LogP contribution in [0.4, 0.5) is 17.1 Å². The van der Waals surface area contributed by atoms with Gasteiger partial charge in [-0.1, -0.05) is 66.7 Å². The summed E-state index contributed by atoms with van der Waals surface area (Å²) in [5.41, 5.74) is 5.66. The molecule has 2 heterocycles. The minimum atomic E-state index is -4.39. The molecule has 0 aromatic heterocycles. The first-order valence-electron chi connectivity index (χ1n) is 20.0. The van der Waals surface area contributed by atoms with Gasteiger partial charge in [0.2, 0.25) is 0 Å². The fraction of sp³-hybridized carbons (Fsp3) is 0.311. The number of hydrogen-bond donors (Lipinski definition) is 2. The second-order valence-electron chi connectivity index (χ2n) is 14.7. The topological polar surface area (TPSA) is 147 Å². The number of nitro groups is 1. The molecule has 0 spiro atoms. The molecule has 2 N–H and O–H groups in total. The molecule has 308 valence electrons. The minimum absolute atomic E-state index is 0.159. The van der Waals surface area contributed by atoms with Crippen molar-refractivity contribution in [3.8, 4) is 16.9 Å². The first kappa shape index (κ1) is 41.4. The molecule has 13 nitrogen and oxygen atoms in total. The van der Waals surface area contributed by atoms with E-state index in [1.54, 1.807) is 12.1 Å². The van der Waals surface area contributed by atoms with Crippen LogP contribution in [0, 0.1) is 10.1 Å². The Morgan fingerprint density at radius 1 is 0.797 bits per heavy atom. The molecule has 7 rings (SSSR count). The standard InChI is InChI=1S/C45H50N6O7S/c52-45(47-59(55,56)41-20-21-43(44(33-41)51(53)54)46-22-6-9-35-7-2-1-3-8-35)37-12-16-39(17-13-37)50-25-23-49(24-26-50)34-38-10-4-5-11-42(38)36-14-18-40(19-15-36)58-32-29-48-27-30-57-31-28-48/h1-5,7-8,10-21,33,46H,6,9,22-32,34H2,(H,47,52). The lowest BCUT2D eigenvalue weighted by molar-refractivity contribution is -0.384. The maximum Gasteiger partial charge on any atom is 0.293 e. The van der Waals surface area contributed by atoms with Crippen LogP contribution in [0.5, 0.6) is 5.75 Å². The molecule has 2 saturated heterocycles. The van der Waals surface area contributed by atoms with Crippen molar-refractivity contribution in [2.24, 2.45) is 0 Å². The number of morpholine rings is 1. The summed E-state index contributed by atoms with van der Waals surface area (Å²) in [7, 11) is -4.39. The van der Waals surface area contributed by atoms with E-state index in [0.29, 0.717) is 13.2 Å². The van der Waals surface area contributed by atoms with Crippen molar-refractivity contribution in [3.05, 3.63) is 148 Å². The number of carbonyl (C=O) groups excluding carboxylic acids is 1. The smallest absolute Gasteiger partial charge is 0.293 e. The average molecular weight is 819 g/mol. The maximum atomic E-state index is 13.2. The van der Waals surface area contributed by atoms with Gasteiger partial charge in [-0.15, -0.1) is 0 Å². The average Bonchev–Trinajstić information content (AvgIpc) is 3.26. The molecule has 5 aromatic rings.